The lowest BCUT2D eigenvalue weighted by Crippen LogP contribution is -2.42. The molecule has 0 saturated carbocycles. The molecule has 1 atom stereocenters. The zero-order valence-electron chi connectivity index (χ0n) is 70.1. The number of unbranched alkanes of at least 4 members (excludes halogenated alkanes) is 45. The number of ether oxygens (including phenoxy) is 3. The maximum Gasteiger partial charge on any atom is 0.323 e. The summed E-state index contributed by atoms with van der Waals surface area (Å²) in [7, 11) is 1.99. The third-order valence-electron chi connectivity index (χ3n) is 21.5. The number of hydrogen-bond acceptors (Lipinski definition) is 9. The maximum absolute atomic E-state index is 14.5. The molecule has 0 aliphatic heterocycles. The van der Waals surface area contributed by atoms with Crippen molar-refractivity contribution >= 4 is 17.9 Å². The number of nitrogens with zero attached hydrogens (tertiary/aromatic N) is 2. The minimum absolute atomic E-state index is 0.000153. The Morgan fingerprint density at radius 3 is 0.845 bits per heavy atom. The van der Waals surface area contributed by atoms with E-state index in [4.69, 9.17) is 14.2 Å². The summed E-state index contributed by atoms with van der Waals surface area (Å²) in [5, 5.41) is 10.2. The van der Waals surface area contributed by atoms with Gasteiger partial charge in [-0.2, -0.15) is 0 Å². The SMILES string of the molecule is CCCCC/C=C/C/C=C/CCCCCCCCC(CCCCCCCC/C=C/C/C=C/CCCCC)OC(=O)C(CCCCN(CCCCCCC(=O)OC(CCCCCCCC)CCCCCCCC)CCCCCCC(=O)OC(CCCCCCCC)CCCCCCCC)N(C)CCO. The molecule has 0 rings (SSSR count). The summed E-state index contributed by atoms with van der Waals surface area (Å²) in [6, 6.07) is -0.379. The Balaban J connectivity index is 5.90. The van der Waals surface area contributed by atoms with Crippen LogP contribution < -0.4 is 0 Å². The molecule has 103 heavy (non-hydrogen) atoms. The highest BCUT2D eigenvalue weighted by Crippen LogP contribution is 2.24. The lowest BCUT2D eigenvalue weighted by molar-refractivity contribution is -0.156. The summed E-state index contributed by atoms with van der Waals surface area (Å²) in [5.74, 6) is -0.108. The number of likely N-dealkylation sites (N-methyl/N-ethyl adjacent to an activating group) is 1. The molecular weight excluding hydrogens is 1270 g/mol. The van der Waals surface area contributed by atoms with Crippen LogP contribution in [0.15, 0.2) is 48.6 Å². The Bertz CT molecular complexity index is 1720. The lowest BCUT2D eigenvalue weighted by Gasteiger charge is -2.29. The van der Waals surface area contributed by atoms with Gasteiger partial charge in [0.15, 0.2) is 0 Å². The average Bonchev–Trinajstić information content (AvgIpc) is 0.932. The van der Waals surface area contributed by atoms with Gasteiger partial charge in [0.05, 0.1) is 6.61 Å². The van der Waals surface area contributed by atoms with Crippen LogP contribution in [0.5, 0.6) is 0 Å². The molecular formula is C94H178N2O7. The van der Waals surface area contributed by atoms with Crippen LogP contribution in [0, 0.1) is 0 Å². The van der Waals surface area contributed by atoms with Gasteiger partial charge in [0.25, 0.3) is 0 Å². The van der Waals surface area contributed by atoms with Crippen LogP contribution in [0.2, 0.25) is 0 Å². The summed E-state index contributed by atoms with van der Waals surface area (Å²) >= 11 is 0. The first-order chi connectivity index (χ1) is 50.7. The Hall–Kier alpha value is -2.75. The molecule has 9 heteroatoms. The second-order valence-corrected chi connectivity index (χ2v) is 31.6. The first-order valence-corrected chi connectivity index (χ1v) is 45.9. The zero-order valence-corrected chi connectivity index (χ0v) is 70.1. The van der Waals surface area contributed by atoms with E-state index in [1.165, 1.54) is 257 Å². The molecule has 606 valence electrons. The largest absolute Gasteiger partial charge is 0.462 e. The van der Waals surface area contributed by atoms with Crippen LogP contribution >= 0.6 is 0 Å². The quantitative estimate of drug-likeness (QED) is 0.0276. The first kappa shape index (κ1) is 100. The van der Waals surface area contributed by atoms with Crippen molar-refractivity contribution < 1.29 is 33.7 Å². The van der Waals surface area contributed by atoms with Crippen LogP contribution in [0.1, 0.15) is 472 Å². The van der Waals surface area contributed by atoms with Crippen LogP contribution in [-0.4, -0.2) is 97.0 Å². The topological polar surface area (TPSA) is 106 Å². The zero-order chi connectivity index (χ0) is 74.9. The van der Waals surface area contributed by atoms with Gasteiger partial charge in [-0.25, -0.2) is 0 Å². The molecule has 0 bridgehead atoms. The van der Waals surface area contributed by atoms with Gasteiger partial charge in [-0.15, -0.1) is 0 Å². The Morgan fingerprint density at radius 2 is 0.524 bits per heavy atom. The minimum Gasteiger partial charge on any atom is -0.462 e. The summed E-state index contributed by atoms with van der Waals surface area (Å²) in [5.41, 5.74) is 0. The monoisotopic (exact) mass is 1450 g/mol. The third kappa shape index (κ3) is 73.2. The van der Waals surface area contributed by atoms with Gasteiger partial charge in [-0.3, -0.25) is 19.3 Å². The smallest absolute Gasteiger partial charge is 0.323 e. The predicted molar refractivity (Wildman–Crippen MR) is 450 cm³/mol. The Morgan fingerprint density at radius 1 is 0.282 bits per heavy atom. The van der Waals surface area contributed by atoms with Crippen LogP contribution in [0.3, 0.4) is 0 Å². The molecule has 0 aliphatic carbocycles. The van der Waals surface area contributed by atoms with Gasteiger partial charge in [0.1, 0.15) is 24.4 Å². The van der Waals surface area contributed by atoms with E-state index in [1.54, 1.807) is 0 Å². The van der Waals surface area contributed by atoms with Crippen LogP contribution in [0.25, 0.3) is 0 Å². The maximum atomic E-state index is 14.5. The van der Waals surface area contributed by atoms with Gasteiger partial charge in [0.2, 0.25) is 0 Å². The number of aliphatic hydroxyl groups is 1. The number of hydrogen-bond donors (Lipinski definition) is 1. The van der Waals surface area contributed by atoms with E-state index >= 15 is 0 Å². The van der Waals surface area contributed by atoms with Gasteiger partial charge in [-0.1, -0.05) is 328 Å². The number of aliphatic hydroxyl groups excluding tert-OH is 1. The van der Waals surface area contributed by atoms with E-state index in [0.717, 1.165) is 180 Å². The van der Waals surface area contributed by atoms with Crippen LogP contribution in [-0.2, 0) is 28.6 Å². The summed E-state index contributed by atoms with van der Waals surface area (Å²) in [6.45, 7) is 17.1. The van der Waals surface area contributed by atoms with E-state index in [1.807, 2.05) is 11.9 Å². The van der Waals surface area contributed by atoms with Crippen molar-refractivity contribution in [1.82, 2.24) is 9.80 Å². The molecule has 1 unspecified atom stereocenters. The molecule has 1 N–H and O–H groups in total. The molecule has 0 fully saturated rings. The Kier molecular flexibility index (Phi) is 81.1. The standard InChI is InChI=1S/C94H178N2O7/c1-8-14-20-26-32-34-36-38-40-42-44-46-48-50-56-66-78-90(79-67-57-51-49-47-45-43-41-39-37-35-33-27-21-15-9-2)103-94(100)91(95(7)86-87-97)80-70-73-85-96(83-71-60-58-68-81-92(98)101-88(74-62-52-28-22-16-10-3)75-63-53-29-23-17-11-4)84-72-61-59-69-82-93(99)102-89(76-64-54-30-24-18-12-5)77-65-55-31-25-19-13-6/h32-35,38-41,88-91,97H,8-31,36-37,42-87H2,1-7H3/b34-32+,35-33+,40-38+,41-39+. The molecule has 0 heterocycles. The van der Waals surface area contributed by atoms with E-state index < -0.39 is 0 Å². The second-order valence-electron chi connectivity index (χ2n) is 31.6. The second kappa shape index (κ2) is 83.3. The first-order valence-electron chi connectivity index (χ1n) is 45.9. The molecule has 0 aromatic carbocycles. The molecule has 9 nitrogen and oxygen atoms in total. The van der Waals surface area contributed by atoms with Crippen molar-refractivity contribution in [1.29, 1.82) is 0 Å². The predicted octanol–water partition coefficient (Wildman–Crippen LogP) is 28.8. The molecule has 0 spiro atoms. The van der Waals surface area contributed by atoms with E-state index in [9.17, 15) is 19.5 Å². The van der Waals surface area contributed by atoms with E-state index in [-0.39, 0.29) is 48.9 Å². The average molecular weight is 1450 g/mol. The van der Waals surface area contributed by atoms with E-state index in [0.29, 0.717) is 19.4 Å². The Labute approximate surface area is 642 Å². The number of rotatable bonds is 84. The fraction of sp³-hybridized carbons (Fsp3) is 0.883. The summed E-state index contributed by atoms with van der Waals surface area (Å²) < 4.78 is 19.1. The number of allylic oxidation sites excluding steroid dienone is 8. The fourth-order valence-electron chi connectivity index (χ4n) is 14.6. The van der Waals surface area contributed by atoms with Crippen molar-refractivity contribution in [2.45, 2.75) is 496 Å². The fourth-order valence-corrected chi connectivity index (χ4v) is 14.6. The van der Waals surface area contributed by atoms with Crippen molar-refractivity contribution in [3.8, 4) is 0 Å². The number of esters is 3. The minimum atomic E-state index is -0.379. The highest BCUT2D eigenvalue weighted by molar-refractivity contribution is 5.76. The summed E-state index contributed by atoms with van der Waals surface area (Å²) in [6.07, 6.45) is 96.2. The highest BCUT2D eigenvalue weighted by Gasteiger charge is 2.27. The summed E-state index contributed by atoms with van der Waals surface area (Å²) in [4.78, 5) is 45.8. The van der Waals surface area contributed by atoms with Crippen molar-refractivity contribution in [2.75, 3.05) is 39.8 Å². The number of carbonyl (C=O) groups excluding carboxylic acids is 3. The molecule has 0 amide bonds. The number of carbonyl (C=O) groups is 3. The van der Waals surface area contributed by atoms with Gasteiger partial charge < -0.3 is 24.2 Å². The highest BCUT2D eigenvalue weighted by atomic mass is 16.6. The normalized spacial score (nSPS) is 12.5. The lowest BCUT2D eigenvalue weighted by atomic mass is 10.0. The van der Waals surface area contributed by atoms with Crippen LogP contribution in [0.4, 0.5) is 0 Å². The van der Waals surface area contributed by atoms with Crippen molar-refractivity contribution in [2.24, 2.45) is 0 Å². The van der Waals surface area contributed by atoms with Gasteiger partial charge in [-0.05, 0) is 206 Å². The molecule has 0 saturated heterocycles. The molecule has 0 radical (unpaired) electrons. The molecule has 0 aromatic heterocycles. The van der Waals surface area contributed by atoms with Gasteiger partial charge >= 0.3 is 17.9 Å². The van der Waals surface area contributed by atoms with E-state index in [2.05, 4.69) is 95.1 Å². The van der Waals surface area contributed by atoms with Crippen molar-refractivity contribution in [3.05, 3.63) is 48.6 Å². The molecule has 0 aromatic rings. The van der Waals surface area contributed by atoms with Crippen molar-refractivity contribution in [3.63, 3.8) is 0 Å². The van der Waals surface area contributed by atoms with Gasteiger partial charge in [0, 0.05) is 19.4 Å². The third-order valence-corrected chi connectivity index (χ3v) is 21.5. The molecule has 0 aliphatic rings.